The summed E-state index contributed by atoms with van der Waals surface area (Å²) in [4.78, 5) is 29.3. The lowest BCUT2D eigenvalue weighted by atomic mass is 10.0. The summed E-state index contributed by atoms with van der Waals surface area (Å²) in [6, 6.07) is 21.6. The Bertz CT molecular complexity index is 1410. The Morgan fingerprint density at radius 1 is 0.950 bits per heavy atom. The molecule has 3 aromatic rings. The van der Waals surface area contributed by atoms with Gasteiger partial charge in [-0.25, -0.2) is 8.42 Å². The van der Waals surface area contributed by atoms with E-state index in [0.29, 0.717) is 18.7 Å². The van der Waals surface area contributed by atoms with E-state index < -0.39 is 28.5 Å². The minimum atomic E-state index is -3.81. The minimum absolute atomic E-state index is 0.163. The van der Waals surface area contributed by atoms with Gasteiger partial charge in [-0.05, 0) is 55.2 Å². The number of unbranched alkanes of at least 4 members (excludes halogenated alkanes) is 1. The summed E-state index contributed by atoms with van der Waals surface area (Å²) in [5.74, 6) is -0.720. The van der Waals surface area contributed by atoms with Gasteiger partial charge in [0, 0.05) is 24.0 Å². The molecule has 0 saturated heterocycles. The van der Waals surface area contributed by atoms with Gasteiger partial charge in [0.25, 0.3) is 0 Å². The topological polar surface area (TPSA) is 86.8 Å². The van der Waals surface area contributed by atoms with Gasteiger partial charge in [-0.1, -0.05) is 89.4 Å². The lowest BCUT2D eigenvalue weighted by molar-refractivity contribution is -0.140. The van der Waals surface area contributed by atoms with E-state index in [1.807, 2.05) is 75.4 Å². The zero-order chi connectivity index (χ0) is 29.3. The van der Waals surface area contributed by atoms with Crippen LogP contribution >= 0.6 is 15.9 Å². The van der Waals surface area contributed by atoms with E-state index in [4.69, 9.17) is 0 Å². The number of halogens is 1. The molecule has 1 atom stereocenters. The zero-order valence-corrected chi connectivity index (χ0v) is 26.0. The molecule has 0 aromatic heterocycles. The number of carbonyl (C=O) groups is 2. The quantitative estimate of drug-likeness (QED) is 0.258. The molecule has 7 nitrogen and oxygen atoms in total. The third-order valence-electron chi connectivity index (χ3n) is 6.64. The molecule has 9 heteroatoms. The number of hydrogen-bond donors (Lipinski definition) is 1. The summed E-state index contributed by atoms with van der Waals surface area (Å²) in [5.41, 5.74) is 4.02. The maximum Gasteiger partial charge on any atom is 0.244 e. The second-order valence-corrected chi connectivity index (χ2v) is 12.8. The maximum atomic E-state index is 14.1. The Balaban J connectivity index is 2.04. The van der Waals surface area contributed by atoms with Crippen molar-refractivity contribution in [1.82, 2.24) is 10.2 Å². The van der Waals surface area contributed by atoms with Crippen LogP contribution in [0.4, 0.5) is 5.69 Å². The first-order chi connectivity index (χ1) is 19.0. The van der Waals surface area contributed by atoms with Crippen molar-refractivity contribution >= 4 is 43.5 Å². The van der Waals surface area contributed by atoms with Gasteiger partial charge in [0.15, 0.2) is 0 Å². The number of amides is 2. The summed E-state index contributed by atoms with van der Waals surface area (Å²) in [7, 11) is -3.81. The van der Waals surface area contributed by atoms with E-state index in [9.17, 15) is 18.0 Å². The van der Waals surface area contributed by atoms with Crippen molar-refractivity contribution < 1.29 is 18.0 Å². The normalized spacial score (nSPS) is 12.0. The highest BCUT2D eigenvalue weighted by molar-refractivity contribution is 9.10. The van der Waals surface area contributed by atoms with Crippen LogP contribution < -0.4 is 9.62 Å². The molecule has 0 aliphatic rings. The van der Waals surface area contributed by atoms with Crippen LogP contribution in [-0.2, 0) is 32.6 Å². The molecule has 0 spiro atoms. The first-order valence-corrected chi connectivity index (χ1v) is 16.0. The maximum absolute atomic E-state index is 14.1. The number of anilines is 1. The number of nitrogens with one attached hydrogen (secondary N) is 1. The van der Waals surface area contributed by atoms with Gasteiger partial charge in [0.1, 0.15) is 12.6 Å². The number of carbonyl (C=O) groups excluding carboxylic acids is 2. The molecule has 0 fully saturated rings. The van der Waals surface area contributed by atoms with Crippen LogP contribution in [0.2, 0.25) is 0 Å². The molecule has 3 rings (SSSR count). The fraction of sp³-hybridized carbons (Fsp3) is 0.355. The lowest BCUT2D eigenvalue weighted by Gasteiger charge is -2.33. The second-order valence-electron chi connectivity index (χ2n) is 10.1. The monoisotopic (exact) mass is 627 g/mol. The predicted molar refractivity (Wildman–Crippen MR) is 165 cm³/mol. The van der Waals surface area contributed by atoms with Crippen LogP contribution in [0.3, 0.4) is 0 Å². The molecule has 1 N–H and O–H groups in total. The van der Waals surface area contributed by atoms with E-state index >= 15 is 0 Å². The predicted octanol–water partition coefficient (Wildman–Crippen LogP) is 5.39. The third-order valence-corrected chi connectivity index (χ3v) is 8.68. The van der Waals surface area contributed by atoms with Crippen molar-refractivity contribution in [3.05, 3.63) is 99.5 Å². The van der Waals surface area contributed by atoms with E-state index in [1.54, 1.807) is 18.2 Å². The van der Waals surface area contributed by atoms with Crippen LogP contribution in [0.15, 0.2) is 77.3 Å². The van der Waals surface area contributed by atoms with Gasteiger partial charge < -0.3 is 10.2 Å². The second kappa shape index (κ2) is 14.5. The number of aryl methyl sites for hydroxylation is 2. The minimum Gasteiger partial charge on any atom is -0.354 e. The van der Waals surface area contributed by atoms with Crippen LogP contribution in [0.5, 0.6) is 0 Å². The van der Waals surface area contributed by atoms with Gasteiger partial charge in [-0.3, -0.25) is 13.9 Å². The fourth-order valence-corrected chi connectivity index (χ4v) is 5.55. The molecule has 40 heavy (non-hydrogen) atoms. The smallest absolute Gasteiger partial charge is 0.244 e. The molecule has 0 aliphatic heterocycles. The average molecular weight is 629 g/mol. The molecule has 0 bridgehead atoms. The Labute approximate surface area is 246 Å². The molecule has 0 unspecified atom stereocenters. The number of rotatable bonds is 13. The van der Waals surface area contributed by atoms with Gasteiger partial charge in [-0.2, -0.15) is 0 Å². The standard InChI is InChI=1S/C31H38BrN3O4S/c1-5-6-17-33-31(37)29(20-25-12-8-7-9-13-25)34(21-26-14-10-11-23(2)18-26)30(36)22-35(40(4,38)39)27-15-16-28(32)24(3)19-27/h7-16,18-19,29H,5-6,17,20-22H2,1-4H3,(H,33,37)/t29-/m0/s1. The van der Waals surface area contributed by atoms with Crippen molar-refractivity contribution in [3.63, 3.8) is 0 Å². The van der Waals surface area contributed by atoms with Gasteiger partial charge in [0.05, 0.1) is 11.9 Å². The molecule has 214 valence electrons. The van der Waals surface area contributed by atoms with Crippen molar-refractivity contribution in [2.24, 2.45) is 0 Å². The van der Waals surface area contributed by atoms with Gasteiger partial charge in [-0.15, -0.1) is 0 Å². The summed E-state index contributed by atoms with van der Waals surface area (Å²) in [6.45, 7) is 6.10. The molecule has 2 amide bonds. The Kier molecular flexibility index (Phi) is 11.3. The van der Waals surface area contributed by atoms with Crippen molar-refractivity contribution in [2.75, 3.05) is 23.7 Å². The van der Waals surface area contributed by atoms with Crippen LogP contribution in [-0.4, -0.2) is 50.5 Å². The highest BCUT2D eigenvalue weighted by atomic mass is 79.9. The zero-order valence-electron chi connectivity index (χ0n) is 23.6. The van der Waals surface area contributed by atoms with Crippen molar-refractivity contribution in [3.8, 4) is 0 Å². The number of benzene rings is 3. The van der Waals surface area contributed by atoms with Crippen molar-refractivity contribution in [2.45, 2.75) is 52.6 Å². The van der Waals surface area contributed by atoms with E-state index in [0.717, 1.165) is 50.1 Å². The first-order valence-electron chi connectivity index (χ1n) is 13.4. The Morgan fingerprint density at radius 3 is 2.27 bits per heavy atom. The number of hydrogen-bond acceptors (Lipinski definition) is 4. The number of sulfonamides is 1. The highest BCUT2D eigenvalue weighted by Crippen LogP contribution is 2.25. The number of nitrogens with zero attached hydrogens (tertiary/aromatic N) is 2. The summed E-state index contributed by atoms with van der Waals surface area (Å²) in [5, 5.41) is 3.00. The Morgan fingerprint density at radius 2 is 1.65 bits per heavy atom. The summed E-state index contributed by atoms with van der Waals surface area (Å²) < 4.78 is 27.8. The van der Waals surface area contributed by atoms with Crippen LogP contribution in [0, 0.1) is 13.8 Å². The lowest BCUT2D eigenvalue weighted by Crippen LogP contribution is -2.53. The molecule has 0 radical (unpaired) electrons. The van der Waals surface area contributed by atoms with Crippen molar-refractivity contribution in [1.29, 1.82) is 0 Å². The third kappa shape index (κ3) is 8.93. The summed E-state index contributed by atoms with van der Waals surface area (Å²) >= 11 is 3.45. The van der Waals surface area contributed by atoms with Gasteiger partial charge in [0.2, 0.25) is 21.8 Å². The Hall–Kier alpha value is -3.17. The molecule has 0 saturated carbocycles. The first kappa shape index (κ1) is 31.4. The molecule has 3 aromatic carbocycles. The highest BCUT2D eigenvalue weighted by Gasteiger charge is 2.33. The molecule has 0 aliphatic carbocycles. The van der Waals surface area contributed by atoms with E-state index in [1.165, 1.54) is 4.90 Å². The van der Waals surface area contributed by atoms with Gasteiger partial charge >= 0.3 is 0 Å². The van der Waals surface area contributed by atoms with E-state index in [2.05, 4.69) is 21.2 Å². The SMILES string of the molecule is CCCCNC(=O)[C@H](Cc1ccccc1)N(Cc1cccc(C)c1)C(=O)CN(c1ccc(Br)c(C)c1)S(C)(=O)=O. The van der Waals surface area contributed by atoms with E-state index in [-0.39, 0.29) is 12.5 Å². The van der Waals surface area contributed by atoms with Crippen LogP contribution in [0.1, 0.15) is 42.0 Å². The molecular formula is C31H38BrN3O4S. The summed E-state index contributed by atoms with van der Waals surface area (Å²) in [6.07, 6.45) is 3.12. The fourth-order valence-electron chi connectivity index (χ4n) is 4.47. The molecular weight excluding hydrogens is 590 g/mol. The largest absolute Gasteiger partial charge is 0.354 e. The van der Waals surface area contributed by atoms with Crippen LogP contribution in [0.25, 0.3) is 0 Å². The molecule has 0 heterocycles. The average Bonchev–Trinajstić information content (AvgIpc) is 2.91.